The van der Waals surface area contributed by atoms with Gasteiger partial charge in [0.25, 0.3) is 0 Å². The van der Waals surface area contributed by atoms with Crippen molar-refractivity contribution in [3.8, 4) is 0 Å². The highest BCUT2D eigenvalue weighted by molar-refractivity contribution is 14.1. The molecule has 0 aliphatic heterocycles. The van der Waals surface area contributed by atoms with Crippen molar-refractivity contribution in [1.29, 1.82) is 0 Å². The van der Waals surface area contributed by atoms with Gasteiger partial charge < -0.3 is 10.1 Å². The zero-order valence-electron chi connectivity index (χ0n) is 12.4. The molecular weight excluding hydrogens is 401 g/mol. The maximum absolute atomic E-state index is 6.37. The third kappa shape index (κ3) is 3.59. The van der Waals surface area contributed by atoms with E-state index in [0.717, 1.165) is 5.69 Å². The van der Waals surface area contributed by atoms with Gasteiger partial charge in [-0.2, -0.15) is 5.10 Å². The second-order valence-corrected chi connectivity index (χ2v) is 6.28. The predicted molar refractivity (Wildman–Crippen MR) is 93.9 cm³/mol. The van der Waals surface area contributed by atoms with Crippen LogP contribution >= 0.6 is 34.2 Å². The van der Waals surface area contributed by atoms with Gasteiger partial charge in [0.15, 0.2) is 0 Å². The molecule has 0 radical (unpaired) electrons. The first kappa shape index (κ1) is 16.7. The van der Waals surface area contributed by atoms with Crippen molar-refractivity contribution in [2.45, 2.75) is 19.5 Å². The van der Waals surface area contributed by atoms with Gasteiger partial charge in [-0.25, -0.2) is 0 Å². The van der Waals surface area contributed by atoms with Crippen molar-refractivity contribution in [1.82, 2.24) is 15.1 Å². The van der Waals surface area contributed by atoms with Gasteiger partial charge >= 0.3 is 0 Å². The Hall–Kier alpha value is -0.630. The second kappa shape index (κ2) is 7.58. The summed E-state index contributed by atoms with van der Waals surface area (Å²) in [6.45, 7) is 3.40. The van der Waals surface area contributed by atoms with E-state index < -0.39 is 0 Å². The molecule has 114 valence electrons. The summed E-state index contributed by atoms with van der Waals surface area (Å²) in [5, 5.41) is 8.39. The number of hydrogen-bond donors (Lipinski definition) is 1. The molecule has 21 heavy (non-hydrogen) atoms. The summed E-state index contributed by atoms with van der Waals surface area (Å²) >= 11 is 8.76. The Morgan fingerprint density at radius 2 is 2.24 bits per heavy atom. The number of aromatic nitrogens is 2. The van der Waals surface area contributed by atoms with Crippen LogP contribution in [0.2, 0.25) is 5.02 Å². The quantitative estimate of drug-likeness (QED) is 0.730. The fraction of sp³-hybridized carbons (Fsp3) is 0.400. The van der Waals surface area contributed by atoms with Crippen LogP contribution in [0.25, 0.3) is 0 Å². The zero-order chi connectivity index (χ0) is 15.4. The SMILES string of the molecule is CNC(c1cccc(C)c1I)c1c(Cl)cnn1CCOC. The van der Waals surface area contributed by atoms with Crippen LogP contribution in [-0.2, 0) is 11.3 Å². The summed E-state index contributed by atoms with van der Waals surface area (Å²) in [6.07, 6.45) is 1.69. The molecule has 0 aliphatic carbocycles. The molecule has 4 nitrogen and oxygen atoms in total. The van der Waals surface area contributed by atoms with Crippen LogP contribution < -0.4 is 5.32 Å². The summed E-state index contributed by atoms with van der Waals surface area (Å²) in [5.41, 5.74) is 3.44. The summed E-state index contributed by atoms with van der Waals surface area (Å²) in [5.74, 6) is 0. The summed E-state index contributed by atoms with van der Waals surface area (Å²) in [6, 6.07) is 6.31. The molecule has 0 amide bonds. The minimum absolute atomic E-state index is 0.00339. The number of halogens is 2. The fourth-order valence-corrected chi connectivity index (χ4v) is 3.27. The van der Waals surface area contributed by atoms with E-state index in [1.54, 1.807) is 13.3 Å². The number of methoxy groups -OCH3 is 1. The molecule has 1 aromatic heterocycles. The molecule has 1 N–H and O–H groups in total. The Morgan fingerprint density at radius 1 is 1.48 bits per heavy atom. The molecule has 1 aromatic carbocycles. The molecule has 0 fully saturated rings. The van der Waals surface area contributed by atoms with Gasteiger partial charge in [0.2, 0.25) is 0 Å². The first-order chi connectivity index (χ1) is 10.1. The average Bonchev–Trinajstić information content (AvgIpc) is 2.83. The molecular formula is C15H19ClIN3O. The summed E-state index contributed by atoms with van der Waals surface area (Å²) < 4.78 is 8.30. The number of rotatable bonds is 6. The van der Waals surface area contributed by atoms with Gasteiger partial charge in [-0.1, -0.05) is 29.8 Å². The topological polar surface area (TPSA) is 39.1 Å². The Bertz CT molecular complexity index is 615. The Labute approximate surface area is 144 Å². The lowest BCUT2D eigenvalue weighted by atomic mass is 10.0. The molecule has 0 aliphatic rings. The Kier molecular flexibility index (Phi) is 6.04. The standard InChI is InChI=1S/C15H19ClIN3O/c1-10-5-4-6-11(13(10)17)14(18-2)15-12(16)9-19-20(15)7-8-21-3/h4-6,9,14,18H,7-8H2,1-3H3. The van der Waals surface area contributed by atoms with Gasteiger partial charge in [-0.05, 0) is 47.7 Å². The summed E-state index contributed by atoms with van der Waals surface area (Å²) in [4.78, 5) is 0. The zero-order valence-corrected chi connectivity index (χ0v) is 15.3. The molecule has 0 spiro atoms. The highest BCUT2D eigenvalue weighted by Gasteiger charge is 2.23. The van der Waals surface area contributed by atoms with Crippen molar-refractivity contribution >= 4 is 34.2 Å². The largest absolute Gasteiger partial charge is 0.383 e. The molecule has 2 aromatic rings. The number of benzene rings is 1. The van der Waals surface area contributed by atoms with Gasteiger partial charge in [-0.15, -0.1) is 0 Å². The van der Waals surface area contributed by atoms with E-state index in [0.29, 0.717) is 18.2 Å². The molecule has 0 saturated carbocycles. The third-order valence-corrected chi connectivity index (χ3v) is 5.20. The van der Waals surface area contributed by atoms with Crippen molar-refractivity contribution in [2.75, 3.05) is 20.8 Å². The number of aryl methyl sites for hydroxylation is 1. The van der Waals surface area contributed by atoms with E-state index in [4.69, 9.17) is 16.3 Å². The van der Waals surface area contributed by atoms with Crippen LogP contribution in [0.5, 0.6) is 0 Å². The molecule has 1 atom stereocenters. The predicted octanol–water partition coefficient (Wildman–Crippen LogP) is 3.40. The monoisotopic (exact) mass is 419 g/mol. The second-order valence-electron chi connectivity index (χ2n) is 4.79. The fourth-order valence-electron chi connectivity index (χ4n) is 2.35. The molecule has 0 bridgehead atoms. The van der Waals surface area contributed by atoms with Gasteiger partial charge in [0, 0.05) is 10.7 Å². The van der Waals surface area contributed by atoms with Gasteiger partial charge in [0.1, 0.15) is 0 Å². The lowest BCUT2D eigenvalue weighted by molar-refractivity contribution is 0.182. The molecule has 6 heteroatoms. The molecule has 1 heterocycles. The Balaban J connectivity index is 2.46. The lowest BCUT2D eigenvalue weighted by Gasteiger charge is -2.21. The maximum atomic E-state index is 6.37. The number of hydrogen-bond acceptors (Lipinski definition) is 3. The van der Waals surface area contributed by atoms with E-state index in [2.05, 4.69) is 58.1 Å². The number of ether oxygens (including phenoxy) is 1. The van der Waals surface area contributed by atoms with Crippen molar-refractivity contribution in [3.05, 3.63) is 49.8 Å². The van der Waals surface area contributed by atoms with E-state index in [1.165, 1.54) is 14.7 Å². The van der Waals surface area contributed by atoms with Crippen LogP contribution in [0.4, 0.5) is 0 Å². The molecule has 2 rings (SSSR count). The van der Waals surface area contributed by atoms with Crippen molar-refractivity contribution < 1.29 is 4.74 Å². The molecule has 1 unspecified atom stereocenters. The third-order valence-electron chi connectivity index (χ3n) is 3.44. The number of nitrogens with zero attached hydrogens (tertiary/aromatic N) is 2. The highest BCUT2D eigenvalue weighted by Crippen LogP contribution is 2.31. The number of nitrogens with one attached hydrogen (secondary N) is 1. The minimum atomic E-state index is 0.00339. The van der Waals surface area contributed by atoms with Crippen LogP contribution in [0.1, 0.15) is 22.9 Å². The highest BCUT2D eigenvalue weighted by atomic mass is 127. The molecule has 0 saturated heterocycles. The van der Waals surface area contributed by atoms with Crippen LogP contribution in [-0.4, -0.2) is 30.5 Å². The normalized spacial score (nSPS) is 12.6. The average molecular weight is 420 g/mol. The first-order valence-electron chi connectivity index (χ1n) is 6.72. The van der Waals surface area contributed by atoms with Gasteiger partial charge in [-0.3, -0.25) is 4.68 Å². The first-order valence-corrected chi connectivity index (χ1v) is 8.18. The van der Waals surface area contributed by atoms with E-state index >= 15 is 0 Å². The maximum Gasteiger partial charge on any atom is 0.0837 e. The van der Waals surface area contributed by atoms with Crippen LogP contribution in [0, 0.1) is 10.5 Å². The minimum Gasteiger partial charge on any atom is -0.383 e. The van der Waals surface area contributed by atoms with Crippen molar-refractivity contribution in [2.24, 2.45) is 0 Å². The van der Waals surface area contributed by atoms with Crippen molar-refractivity contribution in [3.63, 3.8) is 0 Å². The Morgan fingerprint density at radius 3 is 2.90 bits per heavy atom. The van der Waals surface area contributed by atoms with Crippen LogP contribution in [0.15, 0.2) is 24.4 Å². The van der Waals surface area contributed by atoms with E-state index in [-0.39, 0.29) is 6.04 Å². The van der Waals surface area contributed by atoms with E-state index in [1.807, 2.05) is 11.7 Å². The summed E-state index contributed by atoms with van der Waals surface area (Å²) in [7, 11) is 3.62. The van der Waals surface area contributed by atoms with E-state index in [9.17, 15) is 0 Å². The smallest absolute Gasteiger partial charge is 0.0837 e. The lowest BCUT2D eigenvalue weighted by Crippen LogP contribution is -2.24. The van der Waals surface area contributed by atoms with Crippen LogP contribution in [0.3, 0.4) is 0 Å². The van der Waals surface area contributed by atoms with Gasteiger partial charge in [0.05, 0.1) is 36.1 Å².